The molecule has 1 aromatic heterocycles. The summed E-state index contributed by atoms with van der Waals surface area (Å²) in [7, 11) is 0. The fourth-order valence-electron chi connectivity index (χ4n) is 1.14. The van der Waals surface area contributed by atoms with E-state index in [0.717, 1.165) is 5.69 Å². The molecule has 2 atom stereocenters. The van der Waals surface area contributed by atoms with Crippen molar-refractivity contribution in [3.8, 4) is 0 Å². The maximum Gasteiger partial charge on any atom is 0.321 e. The predicted molar refractivity (Wildman–Crippen MR) is 51.9 cm³/mol. The molecular formula is C7H8N2O2S2. The summed E-state index contributed by atoms with van der Waals surface area (Å²) in [5.74, 6) is -0.178. The first-order valence-electron chi connectivity index (χ1n) is 3.76. The van der Waals surface area contributed by atoms with E-state index in [1.54, 1.807) is 17.3 Å². The van der Waals surface area contributed by atoms with Crippen molar-refractivity contribution >= 4 is 29.1 Å². The first-order valence-corrected chi connectivity index (χ1v) is 5.75. The van der Waals surface area contributed by atoms with Crippen molar-refractivity contribution in [2.45, 2.75) is 11.4 Å². The standard InChI is InChI=1S/C7H8N2O2S2/c10-7(11)5-2-13-6(9-5)4-1-12-3-8-4/h1,3,5-6,9H,2H2,(H,10,11)/t5-,6?/m1/s1. The summed E-state index contributed by atoms with van der Waals surface area (Å²) in [5, 5.41) is 13.7. The van der Waals surface area contributed by atoms with Crippen molar-refractivity contribution < 1.29 is 9.90 Å². The van der Waals surface area contributed by atoms with Gasteiger partial charge in [0.2, 0.25) is 0 Å². The van der Waals surface area contributed by atoms with Gasteiger partial charge in [-0.15, -0.1) is 23.1 Å². The van der Waals surface area contributed by atoms with E-state index in [-0.39, 0.29) is 5.37 Å². The number of nitrogens with one attached hydrogen (secondary N) is 1. The molecule has 2 heterocycles. The van der Waals surface area contributed by atoms with Gasteiger partial charge in [-0.05, 0) is 0 Å². The van der Waals surface area contributed by atoms with Crippen molar-refractivity contribution in [3.63, 3.8) is 0 Å². The molecule has 0 amide bonds. The first-order chi connectivity index (χ1) is 6.27. The number of thiazole rings is 1. The van der Waals surface area contributed by atoms with Crippen LogP contribution in [0.5, 0.6) is 0 Å². The molecule has 0 spiro atoms. The van der Waals surface area contributed by atoms with Gasteiger partial charge in [0.05, 0.1) is 16.6 Å². The topological polar surface area (TPSA) is 62.2 Å². The lowest BCUT2D eigenvalue weighted by atomic mass is 10.3. The summed E-state index contributed by atoms with van der Waals surface area (Å²) in [6.45, 7) is 0. The molecule has 1 aliphatic rings. The number of rotatable bonds is 2. The van der Waals surface area contributed by atoms with Crippen LogP contribution in [-0.4, -0.2) is 27.9 Å². The Kier molecular flexibility index (Phi) is 2.52. The zero-order valence-corrected chi connectivity index (χ0v) is 8.27. The normalized spacial score (nSPS) is 27.7. The van der Waals surface area contributed by atoms with Crippen molar-refractivity contribution in [2.24, 2.45) is 0 Å². The fourth-order valence-corrected chi connectivity index (χ4v) is 2.99. The summed E-state index contributed by atoms with van der Waals surface area (Å²) in [6, 6.07) is -0.434. The molecule has 2 rings (SSSR count). The number of carboxylic acid groups (broad SMARTS) is 1. The molecule has 13 heavy (non-hydrogen) atoms. The molecule has 1 saturated heterocycles. The molecule has 0 aliphatic carbocycles. The van der Waals surface area contributed by atoms with E-state index < -0.39 is 12.0 Å². The number of hydrogen-bond donors (Lipinski definition) is 2. The second-order valence-electron chi connectivity index (χ2n) is 2.68. The Bertz CT molecular complexity index is 301. The Balaban J connectivity index is 2.03. The van der Waals surface area contributed by atoms with Gasteiger partial charge < -0.3 is 5.11 Å². The quantitative estimate of drug-likeness (QED) is 0.770. The third-order valence-corrected chi connectivity index (χ3v) is 3.64. The Hall–Kier alpha value is -0.590. The van der Waals surface area contributed by atoms with Gasteiger partial charge in [0, 0.05) is 11.1 Å². The van der Waals surface area contributed by atoms with Crippen LogP contribution in [0.2, 0.25) is 0 Å². The van der Waals surface area contributed by atoms with E-state index in [2.05, 4.69) is 10.3 Å². The molecule has 1 aromatic rings. The van der Waals surface area contributed by atoms with E-state index in [0.29, 0.717) is 5.75 Å². The monoisotopic (exact) mass is 216 g/mol. The zero-order chi connectivity index (χ0) is 9.26. The molecule has 70 valence electrons. The van der Waals surface area contributed by atoms with Gasteiger partial charge >= 0.3 is 5.97 Å². The molecule has 0 aromatic carbocycles. The van der Waals surface area contributed by atoms with Crippen LogP contribution in [-0.2, 0) is 4.79 Å². The van der Waals surface area contributed by atoms with Crippen molar-refractivity contribution in [1.29, 1.82) is 0 Å². The average molecular weight is 216 g/mol. The number of carboxylic acids is 1. The van der Waals surface area contributed by atoms with E-state index in [4.69, 9.17) is 5.11 Å². The number of hydrogen-bond acceptors (Lipinski definition) is 5. The van der Waals surface area contributed by atoms with E-state index in [1.165, 1.54) is 11.3 Å². The molecule has 1 unspecified atom stereocenters. The van der Waals surface area contributed by atoms with Crippen molar-refractivity contribution in [3.05, 3.63) is 16.6 Å². The Morgan fingerprint density at radius 3 is 3.15 bits per heavy atom. The highest BCUT2D eigenvalue weighted by Gasteiger charge is 2.30. The Morgan fingerprint density at radius 2 is 2.62 bits per heavy atom. The molecule has 0 radical (unpaired) electrons. The lowest BCUT2D eigenvalue weighted by Gasteiger charge is -2.06. The highest BCUT2D eigenvalue weighted by Crippen LogP contribution is 2.32. The maximum absolute atomic E-state index is 10.6. The van der Waals surface area contributed by atoms with Crippen LogP contribution in [0.4, 0.5) is 0 Å². The number of nitrogens with zero attached hydrogens (tertiary/aromatic N) is 1. The predicted octanol–water partition coefficient (Wildman–Crippen LogP) is 0.931. The summed E-state index contributed by atoms with van der Waals surface area (Å²) < 4.78 is 0. The molecule has 0 bridgehead atoms. The van der Waals surface area contributed by atoms with Gasteiger partial charge in [-0.1, -0.05) is 0 Å². The average Bonchev–Trinajstić information content (AvgIpc) is 2.75. The molecule has 6 heteroatoms. The minimum atomic E-state index is -0.787. The lowest BCUT2D eigenvalue weighted by Crippen LogP contribution is -2.33. The zero-order valence-electron chi connectivity index (χ0n) is 6.64. The molecule has 4 nitrogen and oxygen atoms in total. The van der Waals surface area contributed by atoms with E-state index in [9.17, 15) is 4.79 Å². The summed E-state index contributed by atoms with van der Waals surface area (Å²) in [6.07, 6.45) is 0. The number of carbonyl (C=O) groups is 1. The third-order valence-electron chi connectivity index (χ3n) is 1.80. The second kappa shape index (κ2) is 3.65. The largest absolute Gasteiger partial charge is 0.480 e. The highest BCUT2D eigenvalue weighted by molar-refractivity contribution is 7.99. The molecule has 2 N–H and O–H groups in total. The maximum atomic E-state index is 10.6. The SMILES string of the molecule is O=C(O)[C@H]1CSC(c2cscn2)N1. The van der Waals surface area contributed by atoms with Gasteiger partial charge in [0.1, 0.15) is 6.04 Å². The van der Waals surface area contributed by atoms with Crippen LogP contribution >= 0.6 is 23.1 Å². The number of aromatic nitrogens is 1. The van der Waals surface area contributed by atoms with Gasteiger partial charge in [-0.2, -0.15) is 0 Å². The smallest absolute Gasteiger partial charge is 0.321 e. The summed E-state index contributed by atoms with van der Waals surface area (Å²) in [5.41, 5.74) is 2.69. The highest BCUT2D eigenvalue weighted by atomic mass is 32.2. The molecular weight excluding hydrogens is 208 g/mol. The number of thioether (sulfide) groups is 1. The Morgan fingerprint density at radius 1 is 1.77 bits per heavy atom. The van der Waals surface area contributed by atoms with E-state index in [1.807, 2.05) is 5.38 Å². The molecule has 0 saturated carbocycles. The van der Waals surface area contributed by atoms with Crippen LogP contribution < -0.4 is 5.32 Å². The fraction of sp³-hybridized carbons (Fsp3) is 0.429. The first kappa shape index (κ1) is 8.98. The van der Waals surface area contributed by atoms with Gasteiger partial charge in [-0.3, -0.25) is 10.1 Å². The van der Waals surface area contributed by atoms with Crippen LogP contribution in [0.15, 0.2) is 10.9 Å². The summed E-state index contributed by atoms with van der Waals surface area (Å²) >= 11 is 3.11. The van der Waals surface area contributed by atoms with Gasteiger partial charge in [0.15, 0.2) is 0 Å². The lowest BCUT2D eigenvalue weighted by molar-refractivity contribution is -0.138. The second-order valence-corrected chi connectivity index (χ2v) is 4.54. The minimum absolute atomic E-state index is 0.0485. The van der Waals surface area contributed by atoms with Crippen molar-refractivity contribution in [1.82, 2.24) is 10.3 Å². The molecule has 1 fully saturated rings. The van der Waals surface area contributed by atoms with Crippen molar-refractivity contribution in [2.75, 3.05) is 5.75 Å². The summed E-state index contributed by atoms with van der Waals surface area (Å²) in [4.78, 5) is 14.8. The van der Waals surface area contributed by atoms with Crippen LogP contribution in [0.3, 0.4) is 0 Å². The van der Waals surface area contributed by atoms with Gasteiger partial charge in [-0.25, -0.2) is 4.98 Å². The van der Waals surface area contributed by atoms with Crippen LogP contribution in [0.1, 0.15) is 11.1 Å². The molecule has 1 aliphatic heterocycles. The Labute approximate surface area is 83.4 Å². The van der Waals surface area contributed by atoms with Crippen LogP contribution in [0, 0.1) is 0 Å². The van der Waals surface area contributed by atoms with Gasteiger partial charge in [0.25, 0.3) is 0 Å². The minimum Gasteiger partial charge on any atom is -0.480 e. The third kappa shape index (κ3) is 1.84. The van der Waals surface area contributed by atoms with Crippen LogP contribution in [0.25, 0.3) is 0 Å². The van der Waals surface area contributed by atoms with E-state index >= 15 is 0 Å². The number of aliphatic carboxylic acids is 1.